The van der Waals surface area contributed by atoms with E-state index in [0.717, 1.165) is 5.57 Å². The van der Waals surface area contributed by atoms with E-state index in [2.05, 4.69) is 0 Å². The lowest BCUT2D eigenvalue weighted by Gasteiger charge is -2.18. The first-order valence-corrected chi connectivity index (χ1v) is 4.24. The first-order valence-electron chi connectivity index (χ1n) is 4.24. The highest BCUT2D eigenvalue weighted by molar-refractivity contribution is 5.86. The molecule has 0 radical (unpaired) electrons. The highest BCUT2D eigenvalue weighted by atomic mass is 16.1. The van der Waals surface area contributed by atoms with Crippen molar-refractivity contribution in [3.8, 4) is 6.07 Å². The molecule has 13 heavy (non-hydrogen) atoms. The molecule has 1 amide bonds. The van der Waals surface area contributed by atoms with E-state index >= 15 is 0 Å². The highest BCUT2D eigenvalue weighted by Gasteiger charge is 2.32. The Hall–Kier alpha value is -1.30. The molecule has 0 aliphatic heterocycles. The predicted octanol–water partition coefficient (Wildman–Crippen LogP) is 1.60. The van der Waals surface area contributed by atoms with Crippen molar-refractivity contribution in [1.29, 1.82) is 5.26 Å². The van der Waals surface area contributed by atoms with E-state index in [4.69, 9.17) is 11.0 Å². The van der Waals surface area contributed by atoms with Crippen LogP contribution < -0.4 is 5.73 Å². The molecule has 0 aliphatic rings. The summed E-state index contributed by atoms with van der Waals surface area (Å²) in [4.78, 5) is 11.0. The first-order chi connectivity index (χ1) is 5.84. The van der Waals surface area contributed by atoms with Crippen molar-refractivity contribution in [3.05, 3.63) is 11.6 Å². The van der Waals surface area contributed by atoms with E-state index in [1.54, 1.807) is 13.8 Å². The van der Waals surface area contributed by atoms with Crippen molar-refractivity contribution in [3.63, 3.8) is 0 Å². The van der Waals surface area contributed by atoms with E-state index < -0.39 is 11.3 Å². The SMILES string of the molecule is C/C(=C\C(C)C)[C@@](C)(C#N)C(N)=O. The topological polar surface area (TPSA) is 66.9 Å². The zero-order chi connectivity index (χ0) is 10.6. The second kappa shape index (κ2) is 4.08. The number of amides is 1. The van der Waals surface area contributed by atoms with Gasteiger partial charge in [-0.2, -0.15) is 5.26 Å². The number of carbonyl (C=O) groups is 1. The lowest BCUT2D eigenvalue weighted by atomic mass is 9.82. The summed E-state index contributed by atoms with van der Waals surface area (Å²) in [6.45, 7) is 7.28. The van der Waals surface area contributed by atoms with Gasteiger partial charge in [0.15, 0.2) is 5.41 Å². The highest BCUT2D eigenvalue weighted by Crippen LogP contribution is 2.26. The molecule has 0 bridgehead atoms. The van der Waals surface area contributed by atoms with Gasteiger partial charge in [0.25, 0.3) is 0 Å². The van der Waals surface area contributed by atoms with Gasteiger partial charge in [0.1, 0.15) is 0 Å². The summed E-state index contributed by atoms with van der Waals surface area (Å²) in [5.74, 6) is -0.281. The molecule has 0 spiro atoms. The number of nitriles is 1. The van der Waals surface area contributed by atoms with Gasteiger partial charge in [-0.25, -0.2) is 0 Å². The van der Waals surface area contributed by atoms with Crippen LogP contribution in [0, 0.1) is 22.7 Å². The third-order valence-corrected chi connectivity index (χ3v) is 2.09. The molecule has 0 aromatic carbocycles. The molecule has 0 rings (SSSR count). The minimum atomic E-state index is -1.16. The van der Waals surface area contributed by atoms with Crippen LogP contribution in [0.1, 0.15) is 27.7 Å². The average molecular weight is 180 g/mol. The van der Waals surface area contributed by atoms with Gasteiger partial charge in [-0.15, -0.1) is 0 Å². The quantitative estimate of drug-likeness (QED) is 0.670. The van der Waals surface area contributed by atoms with Crippen LogP contribution in [0.3, 0.4) is 0 Å². The van der Waals surface area contributed by atoms with Crippen molar-refractivity contribution >= 4 is 5.91 Å². The van der Waals surface area contributed by atoms with Crippen LogP contribution in [-0.4, -0.2) is 5.91 Å². The number of rotatable bonds is 3. The second-order valence-electron chi connectivity index (χ2n) is 3.69. The Kier molecular flexibility index (Phi) is 3.68. The van der Waals surface area contributed by atoms with Gasteiger partial charge in [0.05, 0.1) is 6.07 Å². The maximum atomic E-state index is 11.0. The summed E-state index contributed by atoms with van der Waals surface area (Å²) in [5.41, 5.74) is 4.71. The molecule has 0 saturated carbocycles. The Morgan fingerprint density at radius 1 is 1.62 bits per heavy atom. The zero-order valence-electron chi connectivity index (χ0n) is 8.59. The summed E-state index contributed by atoms with van der Waals surface area (Å²) in [6.07, 6.45) is 1.88. The molecule has 1 atom stereocenters. The van der Waals surface area contributed by atoms with E-state index in [1.165, 1.54) is 0 Å². The van der Waals surface area contributed by atoms with Crippen LogP contribution in [0.5, 0.6) is 0 Å². The van der Waals surface area contributed by atoms with Crippen molar-refractivity contribution in [2.45, 2.75) is 27.7 Å². The lowest BCUT2D eigenvalue weighted by Crippen LogP contribution is -2.34. The summed E-state index contributed by atoms with van der Waals surface area (Å²) >= 11 is 0. The van der Waals surface area contributed by atoms with Crippen molar-refractivity contribution in [2.75, 3.05) is 0 Å². The minimum Gasteiger partial charge on any atom is -0.368 e. The standard InChI is InChI=1S/C10H16N2O/c1-7(2)5-8(3)10(4,6-11)9(12)13/h5,7H,1-4H3,(H2,12,13)/b8-5+/t10-/m1/s1. The number of hydrogen-bond acceptors (Lipinski definition) is 2. The van der Waals surface area contributed by atoms with Crippen molar-refractivity contribution < 1.29 is 4.79 Å². The van der Waals surface area contributed by atoms with Crippen LogP contribution in [0.25, 0.3) is 0 Å². The van der Waals surface area contributed by atoms with Gasteiger partial charge in [0.2, 0.25) is 5.91 Å². The van der Waals surface area contributed by atoms with E-state index in [9.17, 15) is 4.79 Å². The van der Waals surface area contributed by atoms with Gasteiger partial charge in [0, 0.05) is 0 Å². The average Bonchev–Trinajstić information content (AvgIpc) is 2.01. The Balaban J connectivity index is 5.02. The Morgan fingerprint density at radius 2 is 2.08 bits per heavy atom. The van der Waals surface area contributed by atoms with Crippen LogP contribution in [0.2, 0.25) is 0 Å². The Bertz CT molecular complexity index is 273. The van der Waals surface area contributed by atoms with E-state index in [0.29, 0.717) is 5.92 Å². The summed E-state index contributed by atoms with van der Waals surface area (Å²) in [5, 5.41) is 8.85. The van der Waals surface area contributed by atoms with Crippen molar-refractivity contribution in [2.24, 2.45) is 17.1 Å². The molecular weight excluding hydrogens is 164 g/mol. The number of allylic oxidation sites excluding steroid dienone is 1. The number of nitrogens with zero attached hydrogens (tertiary/aromatic N) is 1. The van der Waals surface area contributed by atoms with Gasteiger partial charge >= 0.3 is 0 Å². The summed E-state index contributed by atoms with van der Waals surface area (Å²) < 4.78 is 0. The molecular formula is C10H16N2O. The van der Waals surface area contributed by atoms with Gasteiger partial charge in [-0.3, -0.25) is 4.79 Å². The number of carbonyl (C=O) groups excluding carboxylic acids is 1. The van der Waals surface area contributed by atoms with Gasteiger partial charge in [-0.1, -0.05) is 19.9 Å². The maximum Gasteiger partial charge on any atom is 0.241 e. The summed E-state index contributed by atoms with van der Waals surface area (Å²) in [7, 11) is 0. The molecule has 0 aromatic heterocycles. The lowest BCUT2D eigenvalue weighted by molar-refractivity contribution is -0.122. The molecule has 72 valence electrons. The third-order valence-electron chi connectivity index (χ3n) is 2.09. The number of nitrogens with two attached hydrogens (primary N) is 1. The Labute approximate surface area is 79.2 Å². The summed E-state index contributed by atoms with van der Waals surface area (Å²) in [6, 6.07) is 1.94. The number of hydrogen-bond donors (Lipinski definition) is 1. The molecule has 0 aliphatic carbocycles. The number of primary amides is 1. The van der Waals surface area contributed by atoms with Crippen molar-refractivity contribution in [1.82, 2.24) is 0 Å². The zero-order valence-corrected chi connectivity index (χ0v) is 8.59. The Morgan fingerprint density at radius 3 is 2.31 bits per heavy atom. The van der Waals surface area contributed by atoms with Crippen LogP contribution >= 0.6 is 0 Å². The molecule has 3 heteroatoms. The molecule has 0 saturated heterocycles. The first kappa shape index (κ1) is 11.7. The van der Waals surface area contributed by atoms with Crippen LogP contribution in [0.4, 0.5) is 0 Å². The van der Waals surface area contributed by atoms with Gasteiger partial charge in [-0.05, 0) is 25.3 Å². The molecule has 2 N–H and O–H groups in total. The molecule has 0 aromatic rings. The predicted molar refractivity (Wildman–Crippen MR) is 51.5 cm³/mol. The largest absolute Gasteiger partial charge is 0.368 e. The monoisotopic (exact) mass is 180 g/mol. The minimum absolute atomic E-state index is 0.312. The molecule has 0 unspecified atom stereocenters. The molecule has 0 fully saturated rings. The maximum absolute atomic E-state index is 11.0. The van der Waals surface area contributed by atoms with Gasteiger partial charge < -0.3 is 5.73 Å². The van der Waals surface area contributed by atoms with E-state index in [1.807, 2.05) is 26.0 Å². The van der Waals surface area contributed by atoms with Crippen LogP contribution in [-0.2, 0) is 4.79 Å². The fraction of sp³-hybridized carbons (Fsp3) is 0.600. The second-order valence-corrected chi connectivity index (χ2v) is 3.69. The fourth-order valence-electron chi connectivity index (χ4n) is 1.00. The molecule has 0 heterocycles. The van der Waals surface area contributed by atoms with E-state index in [-0.39, 0.29) is 0 Å². The normalized spacial score (nSPS) is 16.5. The smallest absolute Gasteiger partial charge is 0.241 e. The fourth-order valence-corrected chi connectivity index (χ4v) is 1.00. The van der Waals surface area contributed by atoms with Crippen LogP contribution in [0.15, 0.2) is 11.6 Å². The molecule has 3 nitrogen and oxygen atoms in total. The third kappa shape index (κ3) is 2.59.